The fraction of sp³-hybridized carbons (Fsp3) is 0.556. The van der Waals surface area contributed by atoms with E-state index in [-0.39, 0.29) is 35.3 Å². The third-order valence-electron chi connectivity index (χ3n) is 7.90. The predicted octanol–water partition coefficient (Wildman–Crippen LogP) is 5.87. The first-order chi connectivity index (χ1) is 25.0. The van der Waals surface area contributed by atoms with E-state index >= 15 is 0 Å². The van der Waals surface area contributed by atoms with Crippen LogP contribution in [0.3, 0.4) is 0 Å². The smallest absolute Gasteiger partial charge is 0.478 e. The average Bonchev–Trinajstić information content (AvgIpc) is 3.11. The fourth-order valence-corrected chi connectivity index (χ4v) is 11.1. The molecule has 2 amide bonds. The van der Waals surface area contributed by atoms with Gasteiger partial charge in [-0.1, -0.05) is 12.1 Å². The number of aromatic carboxylic acids is 2. The lowest BCUT2D eigenvalue weighted by Gasteiger charge is -2.28. The summed E-state index contributed by atoms with van der Waals surface area (Å²) in [5, 5.41) is 25.3. The van der Waals surface area contributed by atoms with E-state index in [4.69, 9.17) is 26.6 Å². The van der Waals surface area contributed by atoms with E-state index in [1.54, 1.807) is 0 Å². The average molecular weight is 765 g/mol. The largest absolute Gasteiger partial charge is 0.500 e. The zero-order chi connectivity index (χ0) is 38.6. The van der Waals surface area contributed by atoms with Gasteiger partial charge in [-0.2, -0.15) is 0 Å². The third kappa shape index (κ3) is 13.5. The summed E-state index contributed by atoms with van der Waals surface area (Å²) >= 11 is 0. The molecule has 2 rings (SSSR count). The van der Waals surface area contributed by atoms with Crippen LogP contribution in [0.25, 0.3) is 11.1 Å². The van der Waals surface area contributed by atoms with Gasteiger partial charge in [0, 0.05) is 64.8 Å². The molecule has 0 fully saturated rings. The summed E-state index contributed by atoms with van der Waals surface area (Å²) in [6, 6.07) is 9.69. The Morgan fingerprint density at radius 3 is 1.08 bits per heavy atom. The summed E-state index contributed by atoms with van der Waals surface area (Å²) in [5.41, 5.74) is 0.359. The number of carboxylic acids is 2. The molecule has 16 heteroatoms. The summed E-state index contributed by atoms with van der Waals surface area (Å²) in [6.45, 7) is 14.6. The zero-order valence-corrected chi connectivity index (χ0v) is 33.3. The summed E-state index contributed by atoms with van der Waals surface area (Å²) < 4.78 is 35.3. The Morgan fingerprint density at radius 1 is 0.500 bits per heavy atom. The van der Waals surface area contributed by atoms with Gasteiger partial charge in [-0.3, -0.25) is 9.59 Å². The topological polar surface area (TPSA) is 188 Å². The lowest BCUT2D eigenvalue weighted by molar-refractivity contribution is 0.0682. The van der Waals surface area contributed by atoms with Crippen LogP contribution in [0.1, 0.15) is 109 Å². The van der Waals surface area contributed by atoms with Gasteiger partial charge >= 0.3 is 29.5 Å². The molecule has 4 N–H and O–H groups in total. The molecular weight excluding hydrogens is 709 g/mol. The molecule has 0 aliphatic rings. The van der Waals surface area contributed by atoms with Crippen LogP contribution < -0.4 is 10.6 Å². The highest BCUT2D eigenvalue weighted by atomic mass is 28.4. The number of carbonyl (C=O) groups excluding carboxylic acids is 2. The Balaban J connectivity index is 2.18. The molecule has 0 aliphatic heterocycles. The van der Waals surface area contributed by atoms with Gasteiger partial charge in [0.1, 0.15) is 0 Å². The van der Waals surface area contributed by atoms with Crippen molar-refractivity contribution in [3.8, 4) is 11.1 Å². The van der Waals surface area contributed by atoms with Crippen LogP contribution in [-0.2, 0) is 26.6 Å². The highest BCUT2D eigenvalue weighted by molar-refractivity contribution is 6.61. The molecule has 0 heterocycles. The van der Waals surface area contributed by atoms with Crippen LogP contribution in [0.5, 0.6) is 0 Å². The van der Waals surface area contributed by atoms with Gasteiger partial charge in [-0.25, -0.2) is 9.59 Å². The molecule has 0 bridgehead atoms. The molecule has 0 unspecified atom stereocenters. The van der Waals surface area contributed by atoms with Gasteiger partial charge in [-0.05, 0) is 103 Å². The number of nitrogens with one attached hydrogen (secondary N) is 2. The molecule has 0 atom stereocenters. The molecule has 14 nitrogen and oxygen atoms in total. The lowest BCUT2D eigenvalue weighted by Crippen LogP contribution is -2.46. The first-order valence-corrected chi connectivity index (χ1v) is 22.0. The summed E-state index contributed by atoms with van der Waals surface area (Å²) in [6.07, 6.45) is 2.49. The molecule has 0 aromatic heterocycles. The number of hydrogen-bond acceptors (Lipinski definition) is 10. The van der Waals surface area contributed by atoms with Gasteiger partial charge in [0.2, 0.25) is 0 Å². The Kier molecular flexibility index (Phi) is 20.0. The van der Waals surface area contributed by atoms with E-state index < -0.39 is 41.4 Å². The van der Waals surface area contributed by atoms with Gasteiger partial charge in [0.15, 0.2) is 0 Å². The first kappa shape index (κ1) is 44.7. The van der Waals surface area contributed by atoms with Crippen molar-refractivity contribution in [2.75, 3.05) is 52.7 Å². The molecule has 0 radical (unpaired) electrons. The Bertz CT molecular complexity index is 1320. The quantitative estimate of drug-likeness (QED) is 0.0627. The van der Waals surface area contributed by atoms with Crippen LogP contribution in [0.15, 0.2) is 36.4 Å². The molecule has 0 saturated heterocycles. The van der Waals surface area contributed by atoms with Crippen molar-refractivity contribution < 1.29 is 55.9 Å². The van der Waals surface area contributed by atoms with Crippen molar-refractivity contribution in [2.24, 2.45) is 0 Å². The molecule has 0 spiro atoms. The molecule has 2 aromatic carbocycles. The normalized spacial score (nSPS) is 11.7. The minimum atomic E-state index is -2.83. The van der Waals surface area contributed by atoms with Crippen molar-refractivity contribution in [3.63, 3.8) is 0 Å². The van der Waals surface area contributed by atoms with Crippen molar-refractivity contribution in [3.05, 3.63) is 58.7 Å². The van der Waals surface area contributed by atoms with Crippen LogP contribution in [0.2, 0.25) is 12.1 Å². The van der Waals surface area contributed by atoms with Crippen LogP contribution >= 0.6 is 0 Å². The predicted molar refractivity (Wildman–Crippen MR) is 200 cm³/mol. The second-order valence-electron chi connectivity index (χ2n) is 11.5. The van der Waals surface area contributed by atoms with Crippen LogP contribution in [-0.4, -0.2) is 104 Å². The molecule has 52 heavy (non-hydrogen) atoms. The Morgan fingerprint density at radius 2 is 0.808 bits per heavy atom. The highest BCUT2D eigenvalue weighted by Gasteiger charge is 2.40. The standard InChI is InChI=1S/C36H56N2O12Si2/c1-7-45-51(46-8-2,47-9-3)23-15-13-21-37-33(39)31-25-27(17-19-29(31)35(41)42)28-18-20-30(36(43)44)32(26-28)34(40)38-22-14-16-24-52(48-10-4,49-11-5)50-12-6/h17-20,25-26H,7-16,21-24H2,1-6H3,(H,37,39)(H,38,40)(H,41,42)(H,43,44). The van der Waals surface area contributed by atoms with Crippen molar-refractivity contribution in [1.82, 2.24) is 10.6 Å². The lowest BCUT2D eigenvalue weighted by atomic mass is 9.95. The third-order valence-corrected chi connectivity index (χ3v) is 14.2. The molecule has 0 saturated carbocycles. The number of rotatable bonds is 27. The number of carbonyl (C=O) groups is 4. The van der Waals surface area contributed by atoms with Crippen LogP contribution in [0, 0.1) is 0 Å². The zero-order valence-electron chi connectivity index (χ0n) is 31.3. The van der Waals surface area contributed by atoms with Gasteiger partial charge in [0.05, 0.1) is 22.3 Å². The monoisotopic (exact) mass is 764 g/mol. The van der Waals surface area contributed by atoms with Gasteiger partial charge in [-0.15, -0.1) is 0 Å². The van der Waals surface area contributed by atoms with E-state index in [2.05, 4.69) is 10.6 Å². The van der Waals surface area contributed by atoms with E-state index in [9.17, 15) is 29.4 Å². The van der Waals surface area contributed by atoms with E-state index in [1.165, 1.54) is 36.4 Å². The van der Waals surface area contributed by atoms with Crippen LogP contribution in [0.4, 0.5) is 0 Å². The van der Waals surface area contributed by atoms with Crippen molar-refractivity contribution in [2.45, 2.75) is 79.3 Å². The second kappa shape index (κ2) is 23.2. The van der Waals surface area contributed by atoms with Gasteiger partial charge < -0.3 is 47.4 Å². The number of unbranched alkanes of at least 4 members (excludes halogenated alkanes) is 2. The summed E-state index contributed by atoms with van der Waals surface area (Å²) in [7, 11) is -5.65. The van der Waals surface area contributed by atoms with Crippen molar-refractivity contribution in [1.29, 1.82) is 0 Å². The first-order valence-electron chi connectivity index (χ1n) is 18.1. The maximum absolute atomic E-state index is 13.3. The summed E-state index contributed by atoms with van der Waals surface area (Å²) in [5.74, 6) is -3.70. The van der Waals surface area contributed by atoms with Crippen molar-refractivity contribution >= 4 is 41.4 Å². The highest BCUT2D eigenvalue weighted by Crippen LogP contribution is 2.27. The van der Waals surface area contributed by atoms with Gasteiger partial charge in [0.25, 0.3) is 11.8 Å². The van der Waals surface area contributed by atoms with E-state index in [0.717, 1.165) is 0 Å². The maximum Gasteiger partial charge on any atom is 0.500 e. The number of hydrogen-bond donors (Lipinski definition) is 4. The summed E-state index contributed by atoms with van der Waals surface area (Å²) in [4.78, 5) is 50.7. The molecule has 2 aromatic rings. The number of amides is 2. The Labute approximate surface area is 309 Å². The Hall–Kier alpha value is -3.49. The minimum absolute atomic E-state index is 0.0641. The maximum atomic E-state index is 13.3. The van der Waals surface area contributed by atoms with E-state index in [0.29, 0.717) is 88.5 Å². The fourth-order valence-electron chi connectivity index (χ4n) is 5.73. The number of benzene rings is 2. The second-order valence-corrected chi connectivity index (χ2v) is 17.0. The molecule has 290 valence electrons. The molecule has 0 aliphatic carbocycles. The number of carboxylic acid groups (broad SMARTS) is 2. The SMILES string of the molecule is CCO[Si](CCCCNC(=O)c1cc(-c2ccc(C(=O)O)c(C(=O)NCCCC[Si](OCC)(OCC)OCC)c2)ccc1C(=O)O)(OCC)OCC. The molecular formula is C36H56N2O12Si2. The minimum Gasteiger partial charge on any atom is -0.478 e. The van der Waals surface area contributed by atoms with E-state index in [1.807, 2.05) is 41.5 Å².